The van der Waals surface area contributed by atoms with Gasteiger partial charge in [0.2, 0.25) is 0 Å². The van der Waals surface area contributed by atoms with Crippen molar-refractivity contribution in [3.05, 3.63) is 130 Å². The van der Waals surface area contributed by atoms with Crippen LogP contribution in [0, 0.1) is 5.92 Å². The second-order valence-electron chi connectivity index (χ2n) is 9.75. The van der Waals surface area contributed by atoms with Crippen LogP contribution in [0.3, 0.4) is 0 Å². The van der Waals surface area contributed by atoms with Gasteiger partial charge in [0.1, 0.15) is 6.04 Å². The first kappa shape index (κ1) is 24.7. The van der Waals surface area contributed by atoms with Crippen molar-refractivity contribution in [1.82, 2.24) is 4.90 Å². The molecule has 0 bridgehead atoms. The lowest BCUT2D eigenvalue weighted by molar-refractivity contribution is -0.151. The number of hydrogen-bond acceptors (Lipinski definition) is 5. The zero-order valence-corrected chi connectivity index (χ0v) is 22.3. The maximum atomic E-state index is 13.8. The van der Waals surface area contributed by atoms with Crippen molar-refractivity contribution in [2.75, 3.05) is 13.7 Å². The molecule has 4 aromatic rings. The Labute approximate surface area is 229 Å². The summed E-state index contributed by atoms with van der Waals surface area (Å²) < 4.78 is 6.17. The number of carbonyl (C=O) groups is 2. The summed E-state index contributed by atoms with van der Waals surface area (Å²) >= 11 is 3.42. The van der Waals surface area contributed by atoms with Crippen molar-refractivity contribution in [2.45, 2.75) is 17.7 Å². The van der Waals surface area contributed by atoms with Gasteiger partial charge in [-0.05, 0) is 45.5 Å². The molecule has 1 fully saturated rings. The molecule has 4 aromatic carbocycles. The Balaban J connectivity index is 1.61. The number of likely N-dealkylation sites (tertiary alicyclic amines) is 1. The van der Waals surface area contributed by atoms with E-state index in [9.17, 15) is 14.7 Å². The lowest BCUT2D eigenvalue weighted by Crippen LogP contribution is -2.54. The number of rotatable bonds is 5. The summed E-state index contributed by atoms with van der Waals surface area (Å²) in [5, 5.41) is 11.5. The first-order chi connectivity index (χ1) is 18.5. The summed E-state index contributed by atoms with van der Waals surface area (Å²) in [7, 11) is 1.33. The van der Waals surface area contributed by atoms with Crippen LogP contribution in [-0.2, 0) is 19.9 Å². The largest absolute Gasteiger partial charge is 0.468 e. The predicted octanol–water partition coefficient (Wildman–Crippen LogP) is 5.50. The van der Waals surface area contributed by atoms with Crippen LogP contribution in [0.2, 0.25) is 0 Å². The molecule has 0 aromatic heterocycles. The number of esters is 1. The molecule has 2 aliphatic rings. The highest BCUT2D eigenvalue weighted by Crippen LogP contribution is 2.56. The third-order valence-electron chi connectivity index (χ3n) is 7.91. The van der Waals surface area contributed by atoms with E-state index < -0.39 is 29.6 Å². The van der Waals surface area contributed by atoms with Crippen LogP contribution in [0.5, 0.6) is 0 Å². The van der Waals surface area contributed by atoms with E-state index in [1.807, 2.05) is 71.6 Å². The molecule has 3 atom stereocenters. The molecule has 1 heterocycles. The summed E-state index contributed by atoms with van der Waals surface area (Å²) in [4.78, 5) is 29.4. The number of halogens is 1. The maximum Gasteiger partial charge on any atom is 0.324 e. The predicted molar refractivity (Wildman–Crippen MR) is 148 cm³/mol. The summed E-state index contributed by atoms with van der Waals surface area (Å²) in [5.74, 6) is -1.74. The van der Waals surface area contributed by atoms with Gasteiger partial charge in [-0.2, -0.15) is 0 Å². The summed E-state index contributed by atoms with van der Waals surface area (Å²) in [5.41, 5.74) is 4.68. The Hall–Kier alpha value is -3.58. The minimum Gasteiger partial charge on any atom is -0.468 e. The maximum absolute atomic E-state index is 13.8. The number of aliphatic hydroxyl groups is 1. The van der Waals surface area contributed by atoms with Crippen LogP contribution in [-0.4, -0.2) is 41.5 Å². The lowest BCUT2D eigenvalue weighted by Gasteiger charge is -2.44. The van der Waals surface area contributed by atoms with Gasteiger partial charge >= 0.3 is 5.97 Å². The number of methoxy groups -OCH3 is 1. The molecule has 0 spiro atoms. The molecule has 1 aliphatic heterocycles. The van der Waals surface area contributed by atoms with E-state index in [1.165, 1.54) is 7.11 Å². The fraction of sp³-hybridized carbons (Fsp3) is 0.188. The molecule has 0 saturated carbocycles. The zero-order chi connectivity index (χ0) is 26.4. The van der Waals surface area contributed by atoms with Gasteiger partial charge in [-0.1, -0.05) is 107 Å². The SMILES string of the molecule is COC(=O)[C@@H]1[C@@H]([C@H](O)c2ccc(Br)cc2)C(=O)CN1C1(c2ccccc2)c2ccccc2-c2ccccc21. The van der Waals surface area contributed by atoms with Crippen molar-refractivity contribution in [3.8, 4) is 11.1 Å². The zero-order valence-electron chi connectivity index (χ0n) is 20.8. The van der Waals surface area contributed by atoms with E-state index in [-0.39, 0.29) is 12.3 Å². The van der Waals surface area contributed by atoms with Crippen LogP contribution in [0.1, 0.15) is 28.4 Å². The molecule has 190 valence electrons. The van der Waals surface area contributed by atoms with E-state index in [0.717, 1.165) is 32.3 Å². The number of aliphatic hydroxyl groups excluding tert-OH is 1. The number of benzene rings is 4. The van der Waals surface area contributed by atoms with Gasteiger partial charge in [-0.25, -0.2) is 0 Å². The average molecular weight is 568 g/mol. The van der Waals surface area contributed by atoms with Gasteiger partial charge in [-0.3, -0.25) is 14.5 Å². The lowest BCUT2D eigenvalue weighted by atomic mass is 9.78. The van der Waals surface area contributed by atoms with Gasteiger partial charge in [-0.15, -0.1) is 0 Å². The molecule has 0 unspecified atom stereocenters. The van der Waals surface area contributed by atoms with Crippen LogP contribution in [0.4, 0.5) is 0 Å². The van der Waals surface area contributed by atoms with Crippen LogP contribution >= 0.6 is 15.9 Å². The van der Waals surface area contributed by atoms with E-state index in [4.69, 9.17) is 4.74 Å². The fourth-order valence-electron chi connectivity index (χ4n) is 6.36. The number of ether oxygens (including phenoxy) is 1. The number of nitrogens with zero attached hydrogens (tertiary/aromatic N) is 1. The van der Waals surface area contributed by atoms with Crippen LogP contribution < -0.4 is 0 Å². The molecule has 6 rings (SSSR count). The minimum absolute atomic E-state index is 0.0183. The van der Waals surface area contributed by atoms with Crippen molar-refractivity contribution in [2.24, 2.45) is 5.92 Å². The van der Waals surface area contributed by atoms with E-state index in [1.54, 1.807) is 12.1 Å². The molecule has 5 nitrogen and oxygen atoms in total. The highest BCUT2D eigenvalue weighted by Gasteiger charge is 2.60. The van der Waals surface area contributed by atoms with Gasteiger partial charge in [0, 0.05) is 4.47 Å². The van der Waals surface area contributed by atoms with Gasteiger partial charge in [0.25, 0.3) is 0 Å². The van der Waals surface area contributed by atoms with Crippen LogP contribution in [0.25, 0.3) is 11.1 Å². The molecular formula is C32H26BrNO4. The Bertz CT molecular complexity index is 1470. The smallest absolute Gasteiger partial charge is 0.324 e. The van der Waals surface area contributed by atoms with Crippen LogP contribution in [0.15, 0.2) is 108 Å². The van der Waals surface area contributed by atoms with Gasteiger partial charge in [0.15, 0.2) is 5.78 Å². The van der Waals surface area contributed by atoms with Gasteiger partial charge < -0.3 is 9.84 Å². The second-order valence-corrected chi connectivity index (χ2v) is 10.7. The highest BCUT2D eigenvalue weighted by atomic mass is 79.9. The van der Waals surface area contributed by atoms with Crippen molar-refractivity contribution < 1.29 is 19.4 Å². The molecule has 6 heteroatoms. The monoisotopic (exact) mass is 567 g/mol. The van der Waals surface area contributed by atoms with E-state index >= 15 is 0 Å². The molecular weight excluding hydrogens is 542 g/mol. The number of fused-ring (bicyclic) bond motifs is 3. The highest BCUT2D eigenvalue weighted by molar-refractivity contribution is 9.10. The Morgan fingerprint density at radius 2 is 1.45 bits per heavy atom. The third-order valence-corrected chi connectivity index (χ3v) is 8.44. The molecule has 38 heavy (non-hydrogen) atoms. The first-order valence-electron chi connectivity index (χ1n) is 12.5. The van der Waals surface area contributed by atoms with E-state index in [2.05, 4.69) is 40.2 Å². The first-order valence-corrected chi connectivity index (χ1v) is 13.3. The summed E-state index contributed by atoms with van der Waals surface area (Å²) in [6, 6.07) is 32.4. The van der Waals surface area contributed by atoms with Crippen molar-refractivity contribution in [1.29, 1.82) is 0 Å². The Morgan fingerprint density at radius 1 is 0.895 bits per heavy atom. The minimum atomic E-state index is -1.18. The standard InChI is InChI=1S/C32H26BrNO4/c1-38-31(37)29-28(30(36)20-15-17-22(33)18-16-20)27(35)19-34(29)32(21-9-3-2-4-10-21)25-13-7-5-11-23(25)24-12-6-8-14-26(24)32/h2-18,28-30,36H,19H2,1H3/t28-,29-,30+/m0/s1. The molecule has 1 saturated heterocycles. The fourth-order valence-corrected chi connectivity index (χ4v) is 6.62. The van der Waals surface area contributed by atoms with Gasteiger partial charge in [0.05, 0.1) is 31.2 Å². The molecule has 0 amide bonds. The van der Waals surface area contributed by atoms with Crippen molar-refractivity contribution >= 4 is 27.7 Å². The normalized spacial score (nSPS) is 20.6. The second kappa shape index (κ2) is 9.62. The van der Waals surface area contributed by atoms with Crippen molar-refractivity contribution in [3.63, 3.8) is 0 Å². The molecule has 1 aliphatic carbocycles. The topological polar surface area (TPSA) is 66.8 Å². The number of carbonyl (C=O) groups excluding carboxylic acids is 2. The Kier molecular flexibility index (Phi) is 6.26. The third kappa shape index (κ3) is 3.59. The molecule has 0 radical (unpaired) electrons. The number of ketones is 1. The quantitative estimate of drug-likeness (QED) is 0.323. The number of hydrogen-bond donors (Lipinski definition) is 1. The average Bonchev–Trinajstić information content (AvgIpc) is 3.46. The summed E-state index contributed by atoms with van der Waals surface area (Å²) in [6.45, 7) is -0.0183. The summed E-state index contributed by atoms with van der Waals surface area (Å²) in [6.07, 6.45) is -1.18. The number of Topliss-reactive ketones (excluding diaryl/α,β-unsaturated/α-hetero) is 1. The Morgan fingerprint density at radius 3 is 2.03 bits per heavy atom. The van der Waals surface area contributed by atoms with E-state index in [0.29, 0.717) is 5.56 Å². The molecule has 1 N–H and O–H groups in total.